The highest BCUT2D eigenvalue weighted by Crippen LogP contribution is 2.21. The molecule has 0 aliphatic rings. The van der Waals surface area contributed by atoms with Gasteiger partial charge in [-0.3, -0.25) is 9.59 Å². The summed E-state index contributed by atoms with van der Waals surface area (Å²) in [5.41, 5.74) is 5.85. The Morgan fingerprint density at radius 2 is 0.900 bits per heavy atom. The van der Waals surface area contributed by atoms with Gasteiger partial charge in [0.05, 0.1) is 6.61 Å². The normalized spacial score (nSPS) is 11.7. The molecule has 0 heterocycles. The van der Waals surface area contributed by atoms with Gasteiger partial charge in [0.1, 0.15) is 6.10 Å². The smallest absolute Gasteiger partial charge is 0.475 e. The Hall–Kier alpha value is -1.88. The van der Waals surface area contributed by atoms with Crippen LogP contribution in [0.25, 0.3) is 0 Å². The molecule has 0 bridgehead atoms. The summed E-state index contributed by atoms with van der Waals surface area (Å²) in [6.45, 7) is 13.8. The number of unbranched alkanes of at least 4 members (excludes halogenated alkanes) is 20. The van der Waals surface area contributed by atoms with Crippen molar-refractivity contribution < 1.29 is 42.1 Å². The van der Waals surface area contributed by atoms with Crippen LogP contribution in [0.5, 0.6) is 0 Å². The maximum Gasteiger partial charge on any atom is 0.490 e. The molecule has 0 rings (SSSR count). The van der Waals surface area contributed by atoms with Crippen LogP contribution in [0.4, 0.5) is 13.2 Å². The number of alkyl halides is 3. The average Bonchev–Trinajstić information content (AvgIpc) is 3.21. The van der Waals surface area contributed by atoms with E-state index in [1.54, 1.807) is 0 Å². The van der Waals surface area contributed by atoms with Crippen molar-refractivity contribution >= 4 is 17.9 Å². The lowest BCUT2D eigenvalue weighted by molar-refractivity contribution is -0.192. The topological polar surface area (TPSA) is 119 Å². The number of carbonyl (C=O) groups is 3. The number of nitrogens with zero attached hydrogens (tertiary/aromatic N) is 1. The van der Waals surface area contributed by atoms with E-state index in [4.69, 9.17) is 25.1 Å². The highest BCUT2D eigenvalue weighted by Gasteiger charge is 2.38. The average molecular weight is 865 g/mol. The summed E-state index contributed by atoms with van der Waals surface area (Å²) in [4.78, 5) is 36.5. The van der Waals surface area contributed by atoms with E-state index < -0.39 is 12.1 Å². The Labute approximate surface area is 366 Å². The largest absolute Gasteiger partial charge is 0.490 e. The number of rotatable bonds is 43. The van der Waals surface area contributed by atoms with Gasteiger partial charge < -0.3 is 25.2 Å². The second kappa shape index (κ2) is 45.2. The number of carboxylic acid groups (broad SMARTS) is 1. The maximum absolute atomic E-state index is 12.7. The number of halogens is 3. The minimum absolute atomic E-state index is 0.00568. The highest BCUT2D eigenvalue weighted by molar-refractivity contribution is 5.73. The second-order valence-electron chi connectivity index (χ2n) is 17.2. The fourth-order valence-electron chi connectivity index (χ4n) is 7.56. The first-order valence-electron chi connectivity index (χ1n) is 25.0. The maximum atomic E-state index is 12.7. The summed E-state index contributed by atoms with van der Waals surface area (Å²) >= 11 is 0. The number of carboxylic acids is 1. The molecular formula is C49H95F3N2O6. The first kappa shape index (κ1) is 60.2. The summed E-state index contributed by atoms with van der Waals surface area (Å²) in [6, 6.07) is 0. The zero-order valence-corrected chi connectivity index (χ0v) is 39.4. The molecule has 0 fully saturated rings. The lowest BCUT2D eigenvalue weighted by atomic mass is 9.93. The Bertz CT molecular complexity index is 931. The van der Waals surface area contributed by atoms with Crippen molar-refractivity contribution in [1.82, 2.24) is 4.90 Å². The van der Waals surface area contributed by atoms with Crippen LogP contribution >= 0.6 is 0 Å². The number of hydrogen-bond donors (Lipinski definition) is 2. The van der Waals surface area contributed by atoms with Crippen LogP contribution < -0.4 is 5.73 Å². The molecule has 0 aromatic rings. The molecule has 0 saturated carbocycles. The van der Waals surface area contributed by atoms with E-state index in [1.807, 2.05) is 0 Å². The summed E-state index contributed by atoms with van der Waals surface area (Å²) < 4.78 is 43.4. The van der Waals surface area contributed by atoms with Crippen LogP contribution in [0.15, 0.2) is 0 Å². The highest BCUT2D eigenvalue weighted by atomic mass is 19.4. The van der Waals surface area contributed by atoms with Crippen molar-refractivity contribution in [2.45, 2.75) is 258 Å². The molecule has 8 nitrogen and oxygen atoms in total. The van der Waals surface area contributed by atoms with Gasteiger partial charge in [-0.2, -0.15) is 13.2 Å². The summed E-state index contributed by atoms with van der Waals surface area (Å²) in [5, 5.41) is 7.12. The Balaban J connectivity index is 0. The molecule has 358 valence electrons. The molecule has 60 heavy (non-hydrogen) atoms. The van der Waals surface area contributed by atoms with Crippen molar-refractivity contribution in [3.63, 3.8) is 0 Å². The quantitative estimate of drug-likeness (QED) is 0.0459. The van der Waals surface area contributed by atoms with E-state index >= 15 is 0 Å². The zero-order valence-electron chi connectivity index (χ0n) is 39.4. The molecule has 0 saturated heterocycles. The van der Waals surface area contributed by atoms with Crippen LogP contribution in [0, 0.1) is 5.92 Å². The van der Waals surface area contributed by atoms with Crippen LogP contribution in [0.2, 0.25) is 0 Å². The van der Waals surface area contributed by atoms with Crippen molar-refractivity contribution in [3.05, 3.63) is 0 Å². The standard InChI is InChI=1S/C47H94N2O4.C2HF3O2/c1-5-9-13-15-19-25-34-45(35-26-20-16-14-10-6-2)53-47(51)37-28-22-18-24-30-41-49(42-31-39-48)40-29-23-17-21-27-36-46(50)52-43-38-44(32-11-7-3)33-12-8-4;3-2(4,5)1(6)7/h44-45H,5-43,48H2,1-4H3;(H,6,7). The van der Waals surface area contributed by atoms with Gasteiger partial charge in [0.2, 0.25) is 0 Å². The first-order chi connectivity index (χ1) is 28.9. The van der Waals surface area contributed by atoms with E-state index in [9.17, 15) is 22.8 Å². The van der Waals surface area contributed by atoms with Crippen molar-refractivity contribution in [1.29, 1.82) is 0 Å². The van der Waals surface area contributed by atoms with E-state index in [0.717, 1.165) is 77.5 Å². The van der Waals surface area contributed by atoms with Gasteiger partial charge in [-0.05, 0) is 96.3 Å². The Morgan fingerprint density at radius 3 is 1.33 bits per heavy atom. The van der Waals surface area contributed by atoms with Crippen molar-refractivity contribution in [2.24, 2.45) is 11.7 Å². The number of carbonyl (C=O) groups excluding carboxylic acids is 2. The third-order valence-corrected chi connectivity index (χ3v) is 11.4. The fraction of sp³-hybridized carbons (Fsp3) is 0.939. The fourth-order valence-corrected chi connectivity index (χ4v) is 7.56. The summed E-state index contributed by atoms with van der Waals surface area (Å²) in [6.07, 6.45) is 34.8. The number of ether oxygens (including phenoxy) is 2. The third kappa shape index (κ3) is 44.2. The lowest BCUT2D eigenvalue weighted by Gasteiger charge is -2.22. The molecule has 0 aliphatic heterocycles. The summed E-state index contributed by atoms with van der Waals surface area (Å²) in [5.74, 6) is -2.02. The van der Waals surface area contributed by atoms with Crippen LogP contribution in [-0.2, 0) is 23.9 Å². The van der Waals surface area contributed by atoms with Gasteiger partial charge in [0, 0.05) is 12.8 Å². The molecule has 0 aromatic carbocycles. The monoisotopic (exact) mass is 865 g/mol. The van der Waals surface area contributed by atoms with Gasteiger partial charge in [-0.1, -0.05) is 169 Å². The Kier molecular flexibility index (Phi) is 45.3. The van der Waals surface area contributed by atoms with Gasteiger partial charge in [0.25, 0.3) is 0 Å². The SMILES string of the molecule is CCCCCCCCC(CCCCCCCC)OC(=O)CCCCCCCN(CCCN)CCCCCCCC(=O)OCCC(CCCC)CCCC.O=C(O)C(F)(F)F. The predicted octanol–water partition coefficient (Wildman–Crippen LogP) is 14.3. The molecule has 0 spiro atoms. The van der Waals surface area contributed by atoms with Gasteiger partial charge in [-0.15, -0.1) is 0 Å². The Morgan fingerprint density at radius 1 is 0.517 bits per heavy atom. The van der Waals surface area contributed by atoms with E-state index in [-0.39, 0.29) is 18.0 Å². The summed E-state index contributed by atoms with van der Waals surface area (Å²) in [7, 11) is 0. The van der Waals surface area contributed by atoms with Crippen molar-refractivity contribution in [3.8, 4) is 0 Å². The molecule has 0 aliphatic carbocycles. The minimum atomic E-state index is -5.08. The number of hydrogen-bond acceptors (Lipinski definition) is 7. The van der Waals surface area contributed by atoms with Crippen molar-refractivity contribution in [2.75, 3.05) is 32.8 Å². The van der Waals surface area contributed by atoms with Crippen LogP contribution in [0.1, 0.15) is 246 Å². The molecule has 0 radical (unpaired) electrons. The van der Waals surface area contributed by atoms with Crippen LogP contribution in [0.3, 0.4) is 0 Å². The molecule has 0 atom stereocenters. The number of aliphatic carboxylic acids is 1. The molecule has 11 heteroatoms. The molecule has 0 amide bonds. The van der Waals surface area contributed by atoms with E-state index in [1.165, 1.54) is 154 Å². The van der Waals surface area contributed by atoms with E-state index in [2.05, 4.69) is 32.6 Å². The zero-order chi connectivity index (χ0) is 45.0. The molecule has 3 N–H and O–H groups in total. The number of esters is 2. The number of nitrogens with two attached hydrogens (primary N) is 1. The third-order valence-electron chi connectivity index (χ3n) is 11.4. The van der Waals surface area contributed by atoms with Gasteiger partial charge >= 0.3 is 24.1 Å². The lowest BCUT2D eigenvalue weighted by Crippen LogP contribution is -2.28. The van der Waals surface area contributed by atoms with E-state index in [0.29, 0.717) is 25.4 Å². The second-order valence-corrected chi connectivity index (χ2v) is 17.2. The molecule has 0 aromatic heterocycles. The molecule has 0 unspecified atom stereocenters. The van der Waals surface area contributed by atoms with Crippen LogP contribution in [-0.4, -0.2) is 73.0 Å². The minimum Gasteiger partial charge on any atom is -0.475 e. The van der Waals surface area contributed by atoms with Gasteiger partial charge in [0.15, 0.2) is 0 Å². The first-order valence-corrected chi connectivity index (χ1v) is 25.0. The molecular weight excluding hydrogens is 770 g/mol. The predicted molar refractivity (Wildman–Crippen MR) is 243 cm³/mol. The van der Waals surface area contributed by atoms with Gasteiger partial charge in [-0.25, -0.2) is 4.79 Å².